The van der Waals surface area contributed by atoms with Crippen molar-refractivity contribution < 1.29 is 9.18 Å². The van der Waals surface area contributed by atoms with Crippen LogP contribution < -0.4 is 0 Å². The number of rotatable bonds is 7. The average molecular weight is 384 g/mol. The minimum atomic E-state index is -0.214. The van der Waals surface area contributed by atoms with Crippen LogP contribution in [-0.2, 0) is 17.8 Å². The van der Waals surface area contributed by atoms with Gasteiger partial charge >= 0.3 is 0 Å². The van der Waals surface area contributed by atoms with Crippen molar-refractivity contribution in [3.8, 4) is 0 Å². The molecule has 2 aromatic rings. The predicted octanol–water partition coefficient (Wildman–Crippen LogP) is 2.95. The van der Waals surface area contributed by atoms with Gasteiger partial charge in [-0.3, -0.25) is 14.6 Å². The molecule has 0 atom stereocenters. The minimum Gasteiger partial charge on any atom is -0.339 e. The molecular weight excluding hydrogens is 353 g/mol. The van der Waals surface area contributed by atoms with Gasteiger partial charge in [-0.15, -0.1) is 0 Å². The second kappa shape index (κ2) is 9.80. The number of halogens is 1. The molecule has 0 unspecified atom stereocenters. The third-order valence-electron chi connectivity index (χ3n) is 5.48. The maximum atomic E-state index is 13.0. The lowest BCUT2D eigenvalue weighted by Crippen LogP contribution is -2.50. The summed E-state index contributed by atoms with van der Waals surface area (Å²) in [5.41, 5.74) is 3.78. The number of aryl methyl sites for hydroxylation is 1. The summed E-state index contributed by atoms with van der Waals surface area (Å²) in [4.78, 5) is 19.0. The number of likely N-dealkylation sites (N-methyl/N-ethyl adjacent to an activating group) is 1. The molecule has 0 aliphatic carbocycles. The number of nitrogens with zero attached hydrogens (tertiary/aromatic N) is 3. The van der Waals surface area contributed by atoms with E-state index in [-0.39, 0.29) is 11.7 Å². The fraction of sp³-hybridized carbons (Fsp3) is 0.435. The molecule has 4 nitrogen and oxygen atoms in total. The van der Waals surface area contributed by atoms with E-state index in [1.807, 2.05) is 16.8 Å². The number of benzene rings is 2. The number of amides is 1. The van der Waals surface area contributed by atoms with Gasteiger partial charge in [-0.1, -0.05) is 36.4 Å². The molecule has 0 radical (unpaired) electrons. The number of hydrogen-bond acceptors (Lipinski definition) is 3. The minimum absolute atomic E-state index is 0.192. The van der Waals surface area contributed by atoms with Crippen LogP contribution in [0, 0.1) is 12.7 Å². The summed E-state index contributed by atoms with van der Waals surface area (Å²) in [7, 11) is 1.97. The molecule has 150 valence electrons. The Morgan fingerprint density at radius 2 is 1.71 bits per heavy atom. The largest absolute Gasteiger partial charge is 0.339 e. The lowest BCUT2D eigenvalue weighted by Gasteiger charge is -2.35. The highest BCUT2D eigenvalue weighted by Crippen LogP contribution is 2.13. The van der Waals surface area contributed by atoms with Gasteiger partial charge < -0.3 is 4.90 Å². The van der Waals surface area contributed by atoms with Crippen LogP contribution in [0.2, 0.25) is 0 Å². The van der Waals surface area contributed by atoms with Crippen molar-refractivity contribution in [2.24, 2.45) is 0 Å². The third kappa shape index (κ3) is 5.88. The summed E-state index contributed by atoms with van der Waals surface area (Å²) in [5, 5.41) is 0. The van der Waals surface area contributed by atoms with Crippen LogP contribution in [0.4, 0.5) is 4.39 Å². The number of piperazine rings is 1. The highest BCUT2D eigenvalue weighted by Gasteiger charge is 2.22. The first-order valence-corrected chi connectivity index (χ1v) is 9.99. The van der Waals surface area contributed by atoms with Crippen LogP contribution in [0.3, 0.4) is 0 Å². The van der Waals surface area contributed by atoms with Crippen molar-refractivity contribution in [1.29, 1.82) is 0 Å². The Morgan fingerprint density at radius 3 is 2.39 bits per heavy atom. The molecule has 28 heavy (non-hydrogen) atoms. The van der Waals surface area contributed by atoms with Gasteiger partial charge in [-0.2, -0.15) is 0 Å². The van der Waals surface area contributed by atoms with Crippen LogP contribution in [-0.4, -0.2) is 66.9 Å². The standard InChI is InChI=1S/C23H30FN3O/c1-19-5-3-4-6-21(19)17-26-13-15-27(16-14-26)23(28)18-25(2)12-11-20-7-9-22(24)10-8-20/h3-10H,11-18H2,1-2H3. The highest BCUT2D eigenvalue weighted by molar-refractivity contribution is 5.78. The number of carbonyl (C=O) groups is 1. The fourth-order valence-corrected chi connectivity index (χ4v) is 3.56. The Hall–Kier alpha value is -2.24. The monoisotopic (exact) mass is 383 g/mol. The van der Waals surface area contributed by atoms with Crippen LogP contribution in [0.15, 0.2) is 48.5 Å². The van der Waals surface area contributed by atoms with E-state index in [1.165, 1.54) is 23.3 Å². The van der Waals surface area contributed by atoms with Crippen molar-refractivity contribution in [1.82, 2.24) is 14.7 Å². The van der Waals surface area contributed by atoms with Crippen molar-refractivity contribution in [3.05, 3.63) is 71.0 Å². The molecule has 5 heteroatoms. The van der Waals surface area contributed by atoms with Gasteiger partial charge in [0.25, 0.3) is 0 Å². The zero-order valence-electron chi connectivity index (χ0n) is 16.9. The molecule has 1 heterocycles. The molecule has 0 spiro atoms. The first kappa shape index (κ1) is 20.5. The normalized spacial score (nSPS) is 15.2. The van der Waals surface area contributed by atoms with E-state index < -0.39 is 0 Å². The van der Waals surface area contributed by atoms with Crippen molar-refractivity contribution in [2.45, 2.75) is 19.9 Å². The number of hydrogen-bond donors (Lipinski definition) is 0. The predicted molar refractivity (Wildman–Crippen MR) is 111 cm³/mol. The molecule has 3 rings (SSSR count). The summed E-state index contributed by atoms with van der Waals surface area (Å²) in [6, 6.07) is 15.1. The molecule has 0 N–H and O–H groups in total. The zero-order chi connectivity index (χ0) is 19.9. The Labute approximate surface area is 167 Å². The van der Waals surface area contributed by atoms with E-state index in [0.717, 1.165) is 51.3 Å². The van der Waals surface area contributed by atoms with E-state index in [9.17, 15) is 9.18 Å². The summed E-state index contributed by atoms with van der Waals surface area (Å²) >= 11 is 0. The van der Waals surface area contributed by atoms with Gasteiger partial charge in [0.1, 0.15) is 5.82 Å². The van der Waals surface area contributed by atoms with Gasteiger partial charge in [0, 0.05) is 39.3 Å². The van der Waals surface area contributed by atoms with Crippen LogP contribution >= 0.6 is 0 Å². The van der Waals surface area contributed by atoms with Crippen molar-refractivity contribution >= 4 is 5.91 Å². The lowest BCUT2D eigenvalue weighted by molar-refractivity contribution is -0.133. The smallest absolute Gasteiger partial charge is 0.236 e. The van der Waals surface area contributed by atoms with E-state index in [4.69, 9.17) is 0 Å². The first-order chi connectivity index (χ1) is 13.5. The van der Waals surface area contributed by atoms with E-state index in [2.05, 4.69) is 36.1 Å². The Morgan fingerprint density at radius 1 is 1.04 bits per heavy atom. The maximum absolute atomic E-state index is 13.0. The molecule has 1 fully saturated rings. The topological polar surface area (TPSA) is 26.8 Å². The molecule has 0 bridgehead atoms. The molecule has 0 saturated carbocycles. The summed E-state index contributed by atoms with van der Waals surface area (Å²) in [5.74, 6) is -0.0222. The van der Waals surface area contributed by atoms with Gasteiger partial charge in [-0.05, 0) is 49.2 Å². The fourth-order valence-electron chi connectivity index (χ4n) is 3.56. The van der Waals surface area contributed by atoms with E-state index in [0.29, 0.717) is 6.54 Å². The third-order valence-corrected chi connectivity index (χ3v) is 5.48. The molecular formula is C23H30FN3O. The molecule has 1 aliphatic rings. The second-order valence-electron chi connectivity index (χ2n) is 7.70. The van der Waals surface area contributed by atoms with Crippen LogP contribution in [0.5, 0.6) is 0 Å². The van der Waals surface area contributed by atoms with Gasteiger partial charge in [-0.25, -0.2) is 4.39 Å². The second-order valence-corrected chi connectivity index (χ2v) is 7.70. The summed E-state index contributed by atoms with van der Waals surface area (Å²) in [6.07, 6.45) is 0.814. The van der Waals surface area contributed by atoms with Gasteiger partial charge in [0.2, 0.25) is 5.91 Å². The molecule has 1 aliphatic heterocycles. The van der Waals surface area contributed by atoms with Crippen LogP contribution in [0.1, 0.15) is 16.7 Å². The van der Waals surface area contributed by atoms with Crippen molar-refractivity contribution in [2.75, 3.05) is 46.3 Å². The Bertz CT molecular complexity index is 770. The van der Waals surface area contributed by atoms with Gasteiger partial charge in [0.15, 0.2) is 0 Å². The number of carbonyl (C=O) groups excluding carboxylic acids is 1. The van der Waals surface area contributed by atoms with Crippen LogP contribution in [0.25, 0.3) is 0 Å². The quantitative estimate of drug-likeness (QED) is 0.736. The summed E-state index contributed by atoms with van der Waals surface area (Å²) in [6.45, 7) is 7.72. The SMILES string of the molecule is Cc1ccccc1CN1CCN(C(=O)CN(C)CCc2ccc(F)cc2)CC1. The average Bonchev–Trinajstić information content (AvgIpc) is 2.70. The molecule has 1 amide bonds. The Kier molecular flexibility index (Phi) is 7.18. The summed E-state index contributed by atoms with van der Waals surface area (Å²) < 4.78 is 13.0. The molecule has 0 aromatic heterocycles. The Balaban J connectivity index is 1.39. The van der Waals surface area contributed by atoms with Crippen molar-refractivity contribution in [3.63, 3.8) is 0 Å². The first-order valence-electron chi connectivity index (χ1n) is 9.99. The molecule has 2 aromatic carbocycles. The molecule has 1 saturated heterocycles. The zero-order valence-corrected chi connectivity index (χ0v) is 16.9. The maximum Gasteiger partial charge on any atom is 0.236 e. The lowest BCUT2D eigenvalue weighted by atomic mass is 10.1. The van der Waals surface area contributed by atoms with E-state index >= 15 is 0 Å². The van der Waals surface area contributed by atoms with Gasteiger partial charge in [0.05, 0.1) is 6.54 Å². The van der Waals surface area contributed by atoms with E-state index in [1.54, 1.807) is 12.1 Å². The highest BCUT2D eigenvalue weighted by atomic mass is 19.1.